The molecule has 0 spiro atoms. The Morgan fingerprint density at radius 1 is 1.30 bits per heavy atom. The summed E-state index contributed by atoms with van der Waals surface area (Å²) in [6, 6.07) is 4.14. The summed E-state index contributed by atoms with van der Waals surface area (Å²) in [6.45, 7) is 0. The van der Waals surface area contributed by atoms with Gasteiger partial charge in [-0.15, -0.1) is 11.3 Å². The van der Waals surface area contributed by atoms with Crippen LogP contribution in [0.15, 0.2) is 39.4 Å². The first-order chi connectivity index (χ1) is 14.6. The summed E-state index contributed by atoms with van der Waals surface area (Å²) >= 11 is 1.40. The van der Waals surface area contributed by atoms with Crippen LogP contribution in [0.2, 0.25) is 0 Å². The van der Waals surface area contributed by atoms with Crippen molar-refractivity contribution in [3.63, 3.8) is 0 Å². The summed E-state index contributed by atoms with van der Waals surface area (Å²) in [5.74, 6) is 0.706. The number of carbonyl (C=O) groups is 1. The monoisotopic (exact) mass is 427 g/mol. The second-order valence-electron chi connectivity index (χ2n) is 7.84. The van der Waals surface area contributed by atoms with Gasteiger partial charge in [0.15, 0.2) is 5.78 Å². The van der Waals surface area contributed by atoms with Crippen molar-refractivity contribution < 1.29 is 9.53 Å². The number of methoxy groups -OCH3 is 1. The molecule has 0 amide bonds. The average molecular weight is 428 g/mol. The number of ketones is 1. The summed E-state index contributed by atoms with van der Waals surface area (Å²) in [5, 5.41) is 2.85. The van der Waals surface area contributed by atoms with Crippen LogP contribution in [-0.2, 0) is 11.2 Å². The number of benzene rings is 1. The zero-order valence-electron chi connectivity index (χ0n) is 16.9. The average Bonchev–Trinajstić information content (AvgIpc) is 3.26. The zero-order valence-corrected chi connectivity index (χ0v) is 17.7. The minimum absolute atomic E-state index is 0.122. The fourth-order valence-corrected chi connectivity index (χ4v) is 4.97. The van der Waals surface area contributed by atoms with Crippen molar-refractivity contribution in [3.05, 3.63) is 55.6 Å². The highest BCUT2D eigenvalue weighted by Crippen LogP contribution is 2.31. The standard InChI is InChI=1S/C22H25N3O4S/c1-29-15-7-8-17-16(12-15)21(27)25(22(28)24-17)18(11-14-5-3-2-4-6-14)19(26)13-20-23-9-10-30-20/h7-10,12,14,18H,2-6,11,13H2,1H3,(H,24,28). The molecule has 1 atom stereocenters. The number of aromatic nitrogens is 3. The lowest BCUT2D eigenvalue weighted by Gasteiger charge is -2.26. The first-order valence-corrected chi connectivity index (χ1v) is 11.2. The van der Waals surface area contributed by atoms with Crippen LogP contribution in [0, 0.1) is 5.92 Å². The lowest BCUT2D eigenvalue weighted by atomic mass is 9.83. The molecule has 1 N–H and O–H groups in total. The number of carbonyl (C=O) groups excluding carboxylic acids is 1. The third-order valence-electron chi connectivity index (χ3n) is 5.91. The second kappa shape index (κ2) is 8.95. The third kappa shape index (κ3) is 4.23. The maximum atomic E-state index is 13.3. The normalized spacial score (nSPS) is 15.9. The lowest BCUT2D eigenvalue weighted by molar-refractivity contribution is -0.122. The SMILES string of the molecule is COc1ccc2[nH]c(=O)n(C(CC3CCCCC3)C(=O)Cc3nccs3)c(=O)c2c1. The Hall–Kier alpha value is -2.74. The molecular weight excluding hydrogens is 402 g/mol. The first-order valence-electron chi connectivity index (χ1n) is 10.3. The first kappa shape index (κ1) is 20.5. The van der Waals surface area contributed by atoms with Gasteiger partial charge in [-0.1, -0.05) is 32.1 Å². The Kier molecular flexibility index (Phi) is 6.13. The van der Waals surface area contributed by atoms with E-state index < -0.39 is 17.3 Å². The molecule has 3 aromatic rings. The maximum Gasteiger partial charge on any atom is 0.329 e. The van der Waals surface area contributed by atoms with E-state index in [1.54, 1.807) is 24.4 Å². The number of Topliss-reactive ketones (excluding diaryl/α,β-unsaturated/α-hetero) is 1. The highest BCUT2D eigenvalue weighted by atomic mass is 32.1. The molecule has 0 aliphatic heterocycles. The van der Waals surface area contributed by atoms with Crippen molar-refractivity contribution in [2.75, 3.05) is 7.11 Å². The number of thiazole rings is 1. The highest BCUT2D eigenvalue weighted by Gasteiger charge is 2.29. The van der Waals surface area contributed by atoms with Crippen LogP contribution < -0.4 is 16.0 Å². The fourth-order valence-electron chi connectivity index (χ4n) is 4.34. The molecule has 1 saturated carbocycles. The van der Waals surface area contributed by atoms with Gasteiger partial charge in [-0.2, -0.15) is 0 Å². The minimum atomic E-state index is -0.802. The van der Waals surface area contributed by atoms with Gasteiger partial charge in [-0.25, -0.2) is 14.3 Å². The summed E-state index contributed by atoms with van der Waals surface area (Å²) in [7, 11) is 1.52. The molecule has 1 aromatic carbocycles. The predicted octanol–water partition coefficient (Wildman–Crippen LogP) is 3.48. The Morgan fingerprint density at radius 3 is 2.80 bits per heavy atom. The van der Waals surface area contributed by atoms with Gasteiger partial charge in [0.1, 0.15) is 11.8 Å². The van der Waals surface area contributed by atoms with Crippen molar-refractivity contribution in [2.45, 2.75) is 51.0 Å². The van der Waals surface area contributed by atoms with Crippen molar-refractivity contribution in [3.8, 4) is 5.75 Å². The van der Waals surface area contributed by atoms with Gasteiger partial charge < -0.3 is 9.72 Å². The van der Waals surface area contributed by atoms with E-state index >= 15 is 0 Å². The number of hydrogen-bond acceptors (Lipinski definition) is 6. The molecule has 0 radical (unpaired) electrons. The topological polar surface area (TPSA) is 94.1 Å². The van der Waals surface area contributed by atoms with E-state index in [9.17, 15) is 14.4 Å². The van der Waals surface area contributed by atoms with Gasteiger partial charge in [-0.3, -0.25) is 9.59 Å². The highest BCUT2D eigenvalue weighted by molar-refractivity contribution is 7.09. The van der Waals surface area contributed by atoms with Crippen LogP contribution in [0.4, 0.5) is 0 Å². The van der Waals surface area contributed by atoms with Crippen LogP contribution in [-0.4, -0.2) is 27.4 Å². The number of fused-ring (bicyclic) bond motifs is 1. The molecule has 0 bridgehead atoms. The Bertz CT molecular complexity index is 1140. The molecule has 30 heavy (non-hydrogen) atoms. The van der Waals surface area contributed by atoms with Crippen molar-refractivity contribution >= 4 is 28.0 Å². The molecule has 1 fully saturated rings. The van der Waals surface area contributed by atoms with Crippen molar-refractivity contribution in [1.29, 1.82) is 0 Å². The molecular formula is C22H25N3O4S. The third-order valence-corrected chi connectivity index (χ3v) is 6.69. The van der Waals surface area contributed by atoms with Gasteiger partial charge in [0.05, 0.1) is 29.4 Å². The molecule has 1 aliphatic carbocycles. The maximum absolute atomic E-state index is 13.3. The second-order valence-corrected chi connectivity index (χ2v) is 8.82. The summed E-state index contributed by atoms with van der Waals surface area (Å²) in [4.78, 5) is 46.5. The van der Waals surface area contributed by atoms with Gasteiger partial charge in [-0.05, 0) is 30.5 Å². The number of rotatable bonds is 7. The van der Waals surface area contributed by atoms with Gasteiger partial charge >= 0.3 is 5.69 Å². The predicted molar refractivity (Wildman–Crippen MR) is 116 cm³/mol. The molecule has 2 heterocycles. The molecule has 1 aliphatic rings. The van der Waals surface area contributed by atoms with Crippen LogP contribution >= 0.6 is 11.3 Å². The van der Waals surface area contributed by atoms with Crippen LogP contribution in [0.5, 0.6) is 5.75 Å². The lowest BCUT2D eigenvalue weighted by Crippen LogP contribution is -2.42. The Balaban J connectivity index is 1.78. The number of ether oxygens (including phenoxy) is 1. The van der Waals surface area contributed by atoms with Gasteiger partial charge in [0, 0.05) is 11.6 Å². The van der Waals surface area contributed by atoms with E-state index in [-0.39, 0.29) is 12.2 Å². The number of nitrogens with one attached hydrogen (secondary N) is 1. The summed E-state index contributed by atoms with van der Waals surface area (Å²) in [6.07, 6.45) is 7.77. The van der Waals surface area contributed by atoms with Gasteiger partial charge in [0.25, 0.3) is 5.56 Å². The van der Waals surface area contributed by atoms with E-state index in [1.165, 1.54) is 24.9 Å². The number of aromatic amines is 1. The van der Waals surface area contributed by atoms with E-state index in [1.807, 2.05) is 5.38 Å². The quantitative estimate of drug-likeness (QED) is 0.623. The van der Waals surface area contributed by atoms with Gasteiger partial charge in [0.2, 0.25) is 0 Å². The van der Waals surface area contributed by atoms with Crippen molar-refractivity contribution in [2.24, 2.45) is 5.92 Å². The number of hydrogen-bond donors (Lipinski definition) is 1. The Labute approximate surface area is 177 Å². The molecule has 7 nitrogen and oxygen atoms in total. The number of nitrogens with zero attached hydrogens (tertiary/aromatic N) is 2. The van der Waals surface area contributed by atoms with Crippen LogP contribution in [0.25, 0.3) is 10.9 Å². The van der Waals surface area contributed by atoms with E-state index in [2.05, 4.69) is 9.97 Å². The largest absolute Gasteiger partial charge is 0.497 e. The fraction of sp³-hybridized carbons (Fsp3) is 0.455. The van der Waals surface area contributed by atoms with Crippen molar-refractivity contribution in [1.82, 2.24) is 14.5 Å². The summed E-state index contributed by atoms with van der Waals surface area (Å²) in [5.41, 5.74) is -0.572. The van der Waals surface area contributed by atoms with E-state index in [0.717, 1.165) is 30.3 Å². The number of H-pyrrole nitrogens is 1. The minimum Gasteiger partial charge on any atom is -0.497 e. The molecule has 2 aromatic heterocycles. The zero-order chi connectivity index (χ0) is 21.1. The molecule has 1 unspecified atom stereocenters. The Morgan fingerprint density at radius 2 is 2.10 bits per heavy atom. The molecule has 0 saturated heterocycles. The van der Waals surface area contributed by atoms with Crippen LogP contribution in [0.1, 0.15) is 49.6 Å². The molecule has 158 valence electrons. The summed E-state index contributed by atoms with van der Waals surface area (Å²) < 4.78 is 6.35. The smallest absolute Gasteiger partial charge is 0.329 e. The molecule has 4 rings (SSSR count). The van der Waals surface area contributed by atoms with E-state index in [4.69, 9.17) is 4.74 Å². The van der Waals surface area contributed by atoms with E-state index in [0.29, 0.717) is 34.0 Å². The van der Waals surface area contributed by atoms with Crippen LogP contribution in [0.3, 0.4) is 0 Å². The molecule has 8 heteroatoms.